The molecule has 1 rings (SSSR count). The number of carbonyl (C=O) groups excluding carboxylic acids is 1. The molecule has 19 heavy (non-hydrogen) atoms. The molecule has 0 aliphatic heterocycles. The Balaban J connectivity index is 2.56. The summed E-state index contributed by atoms with van der Waals surface area (Å²) in [4.78, 5) is 11.4. The Hall–Kier alpha value is -1.98. The number of benzene rings is 1. The highest BCUT2D eigenvalue weighted by Gasteiger charge is 2.29. The van der Waals surface area contributed by atoms with Gasteiger partial charge in [0.05, 0.1) is 5.56 Å². The molecule has 0 heterocycles. The van der Waals surface area contributed by atoms with E-state index in [2.05, 4.69) is 10.6 Å². The summed E-state index contributed by atoms with van der Waals surface area (Å²) in [5.41, 5.74) is -0.457. The van der Waals surface area contributed by atoms with Gasteiger partial charge in [-0.3, -0.25) is 0 Å². The van der Waals surface area contributed by atoms with Gasteiger partial charge in [-0.1, -0.05) is 19.9 Å². The van der Waals surface area contributed by atoms with Crippen molar-refractivity contribution in [2.24, 2.45) is 5.92 Å². The molecule has 0 bridgehead atoms. The highest BCUT2D eigenvalue weighted by molar-refractivity contribution is 5.89. The van der Waals surface area contributed by atoms with Gasteiger partial charge in [-0.2, -0.15) is 13.2 Å². The van der Waals surface area contributed by atoms with Crippen LogP contribution in [0, 0.1) is 5.92 Å². The van der Waals surface area contributed by atoms with Gasteiger partial charge in [0.25, 0.3) is 0 Å². The Kier molecular flexibility index (Phi) is 4.97. The van der Waals surface area contributed by atoms with Crippen molar-refractivity contribution in [2.45, 2.75) is 20.0 Å². The van der Waals surface area contributed by atoms with Gasteiger partial charge in [0.15, 0.2) is 0 Å². The number of amides is 2. The van der Waals surface area contributed by atoms with Gasteiger partial charge in [0.2, 0.25) is 0 Å². The maximum absolute atomic E-state index is 12.3. The third-order valence-electron chi connectivity index (χ3n) is 2.17. The average Bonchev–Trinajstić information content (AvgIpc) is 2.27. The SMILES string of the molecule is CC(C)/C=C/NC(=O)Nc1ccc(C(F)(F)F)cc1. The van der Waals surface area contributed by atoms with E-state index in [1.807, 2.05) is 13.8 Å². The molecule has 0 fully saturated rings. The first-order chi connectivity index (χ1) is 8.79. The fourth-order valence-corrected chi connectivity index (χ4v) is 1.23. The molecule has 1 aromatic carbocycles. The highest BCUT2D eigenvalue weighted by atomic mass is 19.4. The Morgan fingerprint density at radius 2 is 1.79 bits per heavy atom. The zero-order chi connectivity index (χ0) is 14.5. The van der Waals surface area contributed by atoms with Crippen molar-refractivity contribution < 1.29 is 18.0 Å². The summed E-state index contributed by atoms with van der Waals surface area (Å²) in [6.07, 6.45) is -1.10. The van der Waals surface area contributed by atoms with E-state index < -0.39 is 17.8 Å². The molecule has 0 spiro atoms. The maximum atomic E-state index is 12.3. The molecule has 0 aliphatic carbocycles. The Morgan fingerprint density at radius 3 is 2.26 bits per heavy atom. The van der Waals surface area contributed by atoms with Gasteiger partial charge < -0.3 is 10.6 Å². The fourth-order valence-electron chi connectivity index (χ4n) is 1.23. The van der Waals surface area contributed by atoms with Crippen LogP contribution in [0.2, 0.25) is 0 Å². The minimum absolute atomic E-state index is 0.295. The molecule has 0 unspecified atom stereocenters. The van der Waals surface area contributed by atoms with E-state index in [-0.39, 0.29) is 0 Å². The van der Waals surface area contributed by atoms with Gasteiger partial charge in [-0.05, 0) is 30.2 Å². The van der Waals surface area contributed by atoms with E-state index in [1.165, 1.54) is 18.3 Å². The molecule has 0 saturated carbocycles. The average molecular weight is 272 g/mol. The topological polar surface area (TPSA) is 41.1 Å². The summed E-state index contributed by atoms with van der Waals surface area (Å²) < 4.78 is 36.9. The van der Waals surface area contributed by atoms with Gasteiger partial charge in [0, 0.05) is 11.9 Å². The smallest absolute Gasteiger partial charge is 0.315 e. The Morgan fingerprint density at radius 1 is 1.21 bits per heavy atom. The second-order valence-electron chi connectivity index (χ2n) is 4.28. The summed E-state index contributed by atoms with van der Waals surface area (Å²) in [6.45, 7) is 3.90. The van der Waals surface area contributed by atoms with Crippen molar-refractivity contribution in [1.82, 2.24) is 5.32 Å². The molecule has 104 valence electrons. The number of nitrogens with one attached hydrogen (secondary N) is 2. The molecular weight excluding hydrogens is 257 g/mol. The monoisotopic (exact) mass is 272 g/mol. The van der Waals surface area contributed by atoms with Crippen LogP contribution in [0.15, 0.2) is 36.5 Å². The van der Waals surface area contributed by atoms with Crippen LogP contribution in [0.3, 0.4) is 0 Å². The summed E-state index contributed by atoms with van der Waals surface area (Å²) in [6, 6.07) is 3.74. The Bertz CT molecular complexity index is 450. The standard InChI is InChI=1S/C13H15F3N2O/c1-9(2)7-8-17-12(19)18-11-5-3-10(4-6-11)13(14,15)16/h3-9H,1-2H3,(H2,17,18,19)/b8-7+. The number of urea groups is 1. The molecule has 0 aliphatic rings. The van der Waals surface area contributed by atoms with Crippen LogP contribution in [0.1, 0.15) is 19.4 Å². The zero-order valence-electron chi connectivity index (χ0n) is 10.6. The second kappa shape index (κ2) is 6.26. The minimum Gasteiger partial charge on any atom is -0.315 e. The van der Waals surface area contributed by atoms with E-state index in [9.17, 15) is 18.0 Å². The lowest BCUT2D eigenvalue weighted by molar-refractivity contribution is -0.137. The first kappa shape index (κ1) is 15.1. The predicted octanol–water partition coefficient (Wildman–Crippen LogP) is 4.00. The van der Waals surface area contributed by atoms with Gasteiger partial charge in [0.1, 0.15) is 0 Å². The number of anilines is 1. The van der Waals surface area contributed by atoms with Crippen molar-refractivity contribution >= 4 is 11.7 Å². The van der Waals surface area contributed by atoms with Crippen LogP contribution >= 0.6 is 0 Å². The molecule has 3 nitrogen and oxygen atoms in total. The van der Waals surface area contributed by atoms with Crippen molar-refractivity contribution in [3.05, 3.63) is 42.1 Å². The van der Waals surface area contributed by atoms with Gasteiger partial charge >= 0.3 is 12.2 Å². The largest absolute Gasteiger partial charge is 0.416 e. The number of alkyl halides is 3. The molecule has 0 saturated heterocycles. The number of halogens is 3. The van der Waals surface area contributed by atoms with Gasteiger partial charge in [-0.25, -0.2) is 4.79 Å². The number of carbonyl (C=O) groups is 1. The lowest BCUT2D eigenvalue weighted by Gasteiger charge is -2.08. The van der Waals surface area contributed by atoms with E-state index in [4.69, 9.17) is 0 Å². The third-order valence-corrected chi connectivity index (χ3v) is 2.17. The van der Waals surface area contributed by atoms with E-state index in [0.717, 1.165) is 12.1 Å². The predicted molar refractivity (Wildman–Crippen MR) is 67.6 cm³/mol. The van der Waals surface area contributed by atoms with Crippen molar-refractivity contribution in [3.63, 3.8) is 0 Å². The van der Waals surface area contributed by atoms with Crippen molar-refractivity contribution in [3.8, 4) is 0 Å². The quantitative estimate of drug-likeness (QED) is 0.858. The maximum Gasteiger partial charge on any atom is 0.416 e. The lowest BCUT2D eigenvalue weighted by atomic mass is 10.2. The highest BCUT2D eigenvalue weighted by Crippen LogP contribution is 2.29. The first-order valence-electron chi connectivity index (χ1n) is 5.70. The van der Waals surface area contributed by atoms with Crippen molar-refractivity contribution in [1.29, 1.82) is 0 Å². The summed E-state index contributed by atoms with van der Waals surface area (Å²) in [7, 11) is 0. The minimum atomic E-state index is -4.37. The van der Waals surface area contributed by atoms with Crippen LogP contribution in [0.4, 0.5) is 23.7 Å². The summed E-state index contributed by atoms with van der Waals surface area (Å²) in [5.74, 6) is 0.298. The van der Waals surface area contributed by atoms with E-state index in [1.54, 1.807) is 6.08 Å². The van der Waals surface area contributed by atoms with Crippen LogP contribution in [-0.4, -0.2) is 6.03 Å². The third kappa shape index (κ3) is 5.46. The molecular formula is C13H15F3N2O. The summed E-state index contributed by atoms with van der Waals surface area (Å²) >= 11 is 0. The van der Waals surface area contributed by atoms with Crippen LogP contribution < -0.4 is 10.6 Å². The van der Waals surface area contributed by atoms with Gasteiger partial charge in [-0.15, -0.1) is 0 Å². The molecule has 0 radical (unpaired) electrons. The molecule has 0 aromatic heterocycles. The van der Waals surface area contributed by atoms with Crippen LogP contribution in [0.25, 0.3) is 0 Å². The molecule has 0 atom stereocenters. The molecule has 2 amide bonds. The zero-order valence-corrected chi connectivity index (χ0v) is 10.6. The first-order valence-corrected chi connectivity index (χ1v) is 5.70. The number of allylic oxidation sites excluding steroid dienone is 1. The number of hydrogen-bond acceptors (Lipinski definition) is 1. The van der Waals surface area contributed by atoms with E-state index in [0.29, 0.717) is 11.6 Å². The molecule has 6 heteroatoms. The van der Waals surface area contributed by atoms with E-state index >= 15 is 0 Å². The number of rotatable bonds is 3. The normalized spacial score (nSPS) is 11.9. The molecule has 2 N–H and O–H groups in total. The fraction of sp³-hybridized carbons (Fsp3) is 0.308. The van der Waals surface area contributed by atoms with Crippen LogP contribution in [0.5, 0.6) is 0 Å². The Labute approximate surface area is 109 Å². The summed E-state index contributed by atoms with van der Waals surface area (Å²) in [5, 5.41) is 4.88. The van der Waals surface area contributed by atoms with Crippen molar-refractivity contribution in [2.75, 3.05) is 5.32 Å². The molecule has 1 aromatic rings. The van der Waals surface area contributed by atoms with Crippen LogP contribution in [-0.2, 0) is 6.18 Å². The second-order valence-corrected chi connectivity index (χ2v) is 4.28. The lowest BCUT2D eigenvalue weighted by Crippen LogP contribution is -2.24. The number of hydrogen-bond donors (Lipinski definition) is 2.